The Hall–Kier alpha value is -2.89. The van der Waals surface area contributed by atoms with Crippen molar-refractivity contribution in [1.29, 1.82) is 0 Å². The Morgan fingerprint density at radius 3 is 2.57 bits per heavy atom. The van der Waals surface area contributed by atoms with Gasteiger partial charge in [-0.25, -0.2) is 0 Å². The van der Waals surface area contributed by atoms with E-state index < -0.39 is 6.04 Å². The van der Waals surface area contributed by atoms with Crippen LogP contribution in [0.5, 0.6) is 0 Å². The monoisotopic (exact) mass is 410 g/mol. The molecule has 6 heteroatoms. The average molecular weight is 411 g/mol. The third-order valence-electron chi connectivity index (χ3n) is 5.64. The minimum absolute atomic E-state index is 0.0254. The number of hydrogen-bond donors (Lipinski definition) is 2. The molecule has 1 fully saturated rings. The van der Waals surface area contributed by atoms with E-state index in [4.69, 9.17) is 4.74 Å². The molecule has 160 valence electrons. The van der Waals surface area contributed by atoms with Crippen molar-refractivity contribution in [3.63, 3.8) is 0 Å². The minimum Gasteiger partial charge on any atom is -0.461 e. The smallest absolute Gasteiger partial charge is 0.309 e. The number of carbonyl (C=O) groups is 3. The molecule has 3 atom stereocenters. The second kappa shape index (κ2) is 10.2. The highest BCUT2D eigenvalue weighted by molar-refractivity contribution is 5.89. The third kappa shape index (κ3) is 6.05. The number of benzene rings is 1. The lowest BCUT2D eigenvalue weighted by molar-refractivity contribution is -0.143. The first kappa shape index (κ1) is 21.8. The number of cyclic esters (lactones) is 1. The molecule has 2 amide bonds. The molecule has 2 N–H and O–H groups in total. The Labute approximate surface area is 177 Å². The van der Waals surface area contributed by atoms with Crippen molar-refractivity contribution < 1.29 is 19.1 Å². The van der Waals surface area contributed by atoms with Gasteiger partial charge in [-0.3, -0.25) is 14.4 Å². The number of ether oxygens (including phenoxy) is 1. The van der Waals surface area contributed by atoms with Crippen molar-refractivity contribution in [3.8, 4) is 0 Å². The van der Waals surface area contributed by atoms with Crippen LogP contribution >= 0.6 is 0 Å². The topological polar surface area (TPSA) is 84.5 Å². The molecule has 0 radical (unpaired) electrons. The number of fused-ring (bicyclic) bond motifs is 1. The zero-order valence-corrected chi connectivity index (χ0v) is 17.4. The fraction of sp³-hybridized carbons (Fsp3) is 0.458. The van der Waals surface area contributed by atoms with Gasteiger partial charge in [-0.15, -0.1) is 6.58 Å². The lowest BCUT2D eigenvalue weighted by atomic mass is 9.96. The Balaban J connectivity index is 1.84. The maximum atomic E-state index is 13.0. The number of esters is 1. The van der Waals surface area contributed by atoms with E-state index in [0.717, 1.165) is 24.0 Å². The predicted molar refractivity (Wildman–Crippen MR) is 114 cm³/mol. The predicted octanol–water partition coefficient (Wildman–Crippen LogP) is 2.82. The number of rotatable bonds is 3. The first-order valence-corrected chi connectivity index (χ1v) is 10.6. The zero-order chi connectivity index (χ0) is 21.5. The molecule has 1 aromatic rings. The SMILES string of the molecule is C=CC[C@@H]1NC(=O)Cc2ccccc2COC(=O)C/C=C/[C@@H](C)[C@@H](C2CC2)NC1=O. The van der Waals surface area contributed by atoms with Crippen LogP contribution in [0.15, 0.2) is 49.1 Å². The van der Waals surface area contributed by atoms with E-state index in [2.05, 4.69) is 17.2 Å². The van der Waals surface area contributed by atoms with Crippen molar-refractivity contribution >= 4 is 17.8 Å². The van der Waals surface area contributed by atoms with Gasteiger partial charge < -0.3 is 15.4 Å². The quantitative estimate of drug-likeness (QED) is 0.593. The molecule has 0 spiro atoms. The van der Waals surface area contributed by atoms with Gasteiger partial charge in [0.05, 0.1) is 12.8 Å². The summed E-state index contributed by atoms with van der Waals surface area (Å²) in [6, 6.07) is 6.67. The molecular formula is C24H30N2O4. The summed E-state index contributed by atoms with van der Waals surface area (Å²) in [6.45, 7) is 5.88. The van der Waals surface area contributed by atoms with Gasteiger partial charge >= 0.3 is 5.97 Å². The molecule has 30 heavy (non-hydrogen) atoms. The van der Waals surface area contributed by atoms with Crippen molar-refractivity contribution in [3.05, 3.63) is 60.2 Å². The maximum Gasteiger partial charge on any atom is 0.309 e. The van der Waals surface area contributed by atoms with E-state index in [9.17, 15) is 14.4 Å². The Morgan fingerprint density at radius 2 is 1.87 bits per heavy atom. The molecule has 1 aromatic carbocycles. The van der Waals surface area contributed by atoms with Gasteiger partial charge in [0, 0.05) is 6.04 Å². The third-order valence-corrected chi connectivity index (χ3v) is 5.64. The molecule has 0 saturated heterocycles. The van der Waals surface area contributed by atoms with Crippen molar-refractivity contribution in [2.75, 3.05) is 0 Å². The zero-order valence-electron chi connectivity index (χ0n) is 17.4. The first-order chi connectivity index (χ1) is 14.5. The molecule has 0 aromatic heterocycles. The van der Waals surface area contributed by atoms with Crippen LogP contribution in [0.3, 0.4) is 0 Å². The van der Waals surface area contributed by atoms with Crippen LogP contribution in [0.4, 0.5) is 0 Å². The lowest BCUT2D eigenvalue weighted by Crippen LogP contribution is -2.51. The largest absolute Gasteiger partial charge is 0.461 e. The Morgan fingerprint density at radius 1 is 1.13 bits per heavy atom. The molecule has 0 bridgehead atoms. The van der Waals surface area contributed by atoms with Gasteiger partial charge in [-0.1, -0.05) is 49.4 Å². The molecule has 1 saturated carbocycles. The molecule has 1 heterocycles. The van der Waals surface area contributed by atoms with Crippen molar-refractivity contribution in [2.24, 2.45) is 11.8 Å². The molecule has 1 aliphatic carbocycles. The van der Waals surface area contributed by atoms with E-state index in [1.807, 2.05) is 43.3 Å². The number of hydrogen-bond acceptors (Lipinski definition) is 4. The highest BCUT2D eigenvalue weighted by Gasteiger charge is 2.36. The van der Waals surface area contributed by atoms with Crippen molar-refractivity contribution in [1.82, 2.24) is 10.6 Å². The number of amides is 2. The van der Waals surface area contributed by atoms with Crippen molar-refractivity contribution in [2.45, 2.75) is 57.7 Å². The molecule has 6 nitrogen and oxygen atoms in total. The van der Waals surface area contributed by atoms with Gasteiger partial charge in [0.2, 0.25) is 11.8 Å². The van der Waals surface area contributed by atoms with Gasteiger partial charge in [0.15, 0.2) is 0 Å². The Bertz CT molecular complexity index is 828. The molecule has 2 aliphatic rings. The van der Waals surface area contributed by atoms with E-state index >= 15 is 0 Å². The molecular weight excluding hydrogens is 380 g/mol. The second-order valence-electron chi connectivity index (χ2n) is 8.11. The summed E-state index contributed by atoms with van der Waals surface area (Å²) in [6.07, 6.45) is 8.21. The standard InChI is InChI=1S/C24H30N2O4/c1-3-7-20-24(29)26-23(17-12-13-17)16(2)8-6-11-22(28)30-15-19-10-5-4-9-18(19)14-21(27)25-20/h3-6,8-10,16-17,20,23H,1,7,11-15H2,2H3,(H,25,27)(H,26,29)/b8-6+/t16-,20+,23+/m1/s1. The lowest BCUT2D eigenvalue weighted by Gasteiger charge is -2.26. The van der Waals surface area contributed by atoms with E-state index in [-0.39, 0.29) is 49.2 Å². The highest BCUT2D eigenvalue weighted by Crippen LogP contribution is 2.36. The maximum absolute atomic E-state index is 13.0. The number of carbonyl (C=O) groups excluding carboxylic acids is 3. The normalized spacial score (nSPS) is 27.2. The van der Waals surface area contributed by atoms with Crippen LogP contribution in [0.25, 0.3) is 0 Å². The van der Waals surface area contributed by atoms with Gasteiger partial charge in [-0.05, 0) is 42.2 Å². The van der Waals surface area contributed by atoms with Crippen LogP contribution in [-0.2, 0) is 32.1 Å². The fourth-order valence-corrected chi connectivity index (χ4v) is 3.80. The summed E-state index contributed by atoms with van der Waals surface area (Å²) in [5, 5.41) is 5.97. The summed E-state index contributed by atoms with van der Waals surface area (Å²) >= 11 is 0. The van der Waals surface area contributed by atoms with Crippen LogP contribution in [-0.4, -0.2) is 29.9 Å². The second-order valence-corrected chi connectivity index (χ2v) is 8.11. The summed E-state index contributed by atoms with van der Waals surface area (Å²) < 4.78 is 5.40. The fourth-order valence-electron chi connectivity index (χ4n) is 3.80. The first-order valence-electron chi connectivity index (χ1n) is 10.6. The highest BCUT2D eigenvalue weighted by atomic mass is 16.5. The summed E-state index contributed by atoms with van der Waals surface area (Å²) in [4.78, 5) is 37.8. The van der Waals surface area contributed by atoms with Gasteiger partial charge in [-0.2, -0.15) is 0 Å². The van der Waals surface area contributed by atoms with Crippen LogP contribution in [0.2, 0.25) is 0 Å². The van der Waals surface area contributed by atoms with E-state index in [0.29, 0.717) is 12.3 Å². The van der Waals surface area contributed by atoms with E-state index in [1.54, 1.807) is 6.08 Å². The minimum atomic E-state index is -0.662. The average Bonchev–Trinajstić information content (AvgIpc) is 3.55. The Kier molecular flexibility index (Phi) is 7.44. The van der Waals surface area contributed by atoms with Gasteiger partial charge in [0.1, 0.15) is 12.6 Å². The van der Waals surface area contributed by atoms with Gasteiger partial charge in [0.25, 0.3) is 0 Å². The molecule has 0 unspecified atom stereocenters. The molecule has 1 aliphatic heterocycles. The van der Waals surface area contributed by atoms with Crippen LogP contribution < -0.4 is 10.6 Å². The summed E-state index contributed by atoms with van der Waals surface area (Å²) in [5.74, 6) is -0.267. The summed E-state index contributed by atoms with van der Waals surface area (Å²) in [7, 11) is 0. The van der Waals surface area contributed by atoms with Crippen LogP contribution in [0, 0.1) is 11.8 Å². The van der Waals surface area contributed by atoms with E-state index in [1.165, 1.54) is 0 Å². The molecule has 3 rings (SSSR count). The number of nitrogens with one attached hydrogen (secondary N) is 2. The summed E-state index contributed by atoms with van der Waals surface area (Å²) in [5.41, 5.74) is 1.55. The van der Waals surface area contributed by atoms with Crippen LogP contribution in [0.1, 0.15) is 43.7 Å².